The second kappa shape index (κ2) is 7.72. The summed E-state index contributed by atoms with van der Waals surface area (Å²) in [7, 11) is 0. The van der Waals surface area contributed by atoms with Crippen LogP contribution in [0.3, 0.4) is 0 Å². The normalized spacial score (nSPS) is 20.8. The molecule has 26 heavy (non-hydrogen) atoms. The van der Waals surface area contributed by atoms with Gasteiger partial charge in [-0.2, -0.15) is 0 Å². The van der Waals surface area contributed by atoms with Gasteiger partial charge in [-0.05, 0) is 56.0 Å². The highest BCUT2D eigenvalue weighted by Gasteiger charge is 2.38. The average molecular weight is 356 g/mol. The maximum Gasteiger partial charge on any atom is 0.245 e. The van der Waals surface area contributed by atoms with Gasteiger partial charge >= 0.3 is 0 Å². The van der Waals surface area contributed by atoms with Crippen LogP contribution in [-0.4, -0.2) is 58.2 Å². The number of aromatic hydroxyl groups is 1. The van der Waals surface area contributed by atoms with Gasteiger partial charge in [-0.25, -0.2) is 0 Å². The fraction of sp³-hybridized carbons (Fsp3) is 0.450. The van der Waals surface area contributed by atoms with E-state index in [-0.39, 0.29) is 29.3 Å². The van der Waals surface area contributed by atoms with Crippen molar-refractivity contribution in [2.24, 2.45) is 5.92 Å². The zero-order valence-corrected chi connectivity index (χ0v) is 14.8. The molecule has 1 aromatic rings. The summed E-state index contributed by atoms with van der Waals surface area (Å²) in [6.07, 6.45) is 4.02. The van der Waals surface area contributed by atoms with Crippen molar-refractivity contribution in [3.05, 3.63) is 42.5 Å². The van der Waals surface area contributed by atoms with E-state index in [0.29, 0.717) is 44.5 Å². The van der Waals surface area contributed by atoms with Gasteiger partial charge in [0.1, 0.15) is 5.75 Å². The predicted octanol–water partition coefficient (Wildman–Crippen LogP) is 1.99. The van der Waals surface area contributed by atoms with E-state index in [0.717, 1.165) is 6.42 Å². The summed E-state index contributed by atoms with van der Waals surface area (Å²) in [6, 6.07) is 5.73. The highest BCUT2D eigenvalue weighted by molar-refractivity contribution is 6.02. The van der Waals surface area contributed by atoms with Gasteiger partial charge < -0.3 is 14.9 Å². The Labute approximate surface area is 153 Å². The Morgan fingerprint density at radius 1 is 1.04 bits per heavy atom. The number of phenolic OH excluding ortho intramolecular Hbond substituents is 1. The predicted molar refractivity (Wildman–Crippen MR) is 96.7 cm³/mol. The van der Waals surface area contributed by atoms with Crippen LogP contribution in [-0.2, 0) is 9.59 Å². The van der Waals surface area contributed by atoms with E-state index >= 15 is 0 Å². The molecule has 0 saturated carbocycles. The van der Waals surface area contributed by atoms with Crippen molar-refractivity contribution in [2.45, 2.75) is 31.7 Å². The molecule has 6 heteroatoms. The lowest BCUT2D eigenvalue weighted by Crippen LogP contribution is -2.47. The fourth-order valence-corrected chi connectivity index (χ4v) is 3.83. The minimum Gasteiger partial charge on any atom is -0.508 e. The van der Waals surface area contributed by atoms with Crippen LogP contribution in [0.15, 0.2) is 36.9 Å². The second-order valence-electron chi connectivity index (χ2n) is 6.90. The van der Waals surface area contributed by atoms with Crippen molar-refractivity contribution in [1.82, 2.24) is 9.80 Å². The zero-order valence-electron chi connectivity index (χ0n) is 14.8. The van der Waals surface area contributed by atoms with Crippen LogP contribution in [0.1, 0.15) is 36.0 Å². The number of carbonyl (C=O) groups excluding carboxylic acids is 3. The molecule has 138 valence electrons. The Bertz CT molecular complexity index is 705. The smallest absolute Gasteiger partial charge is 0.245 e. The van der Waals surface area contributed by atoms with Crippen molar-refractivity contribution >= 4 is 17.6 Å². The number of Topliss-reactive ketones (excluding diaryl/α,β-unsaturated/α-hetero) is 1. The number of likely N-dealkylation sites (tertiary alicyclic amines) is 2. The number of phenols is 1. The largest absolute Gasteiger partial charge is 0.508 e. The van der Waals surface area contributed by atoms with Crippen LogP contribution in [0.4, 0.5) is 0 Å². The molecule has 3 rings (SSSR count). The summed E-state index contributed by atoms with van der Waals surface area (Å²) in [6.45, 7) is 5.19. The minimum absolute atomic E-state index is 0.0188. The number of carbonyl (C=O) groups is 3. The van der Waals surface area contributed by atoms with Gasteiger partial charge in [0, 0.05) is 31.1 Å². The van der Waals surface area contributed by atoms with E-state index in [1.807, 2.05) is 0 Å². The molecule has 1 atom stereocenters. The molecule has 0 aromatic heterocycles. The number of amides is 2. The van der Waals surface area contributed by atoms with Gasteiger partial charge in [0.05, 0.1) is 6.04 Å². The maximum atomic E-state index is 13.0. The number of benzene rings is 1. The number of nitrogens with zero attached hydrogens (tertiary/aromatic N) is 2. The molecule has 2 heterocycles. The van der Waals surface area contributed by atoms with E-state index in [1.54, 1.807) is 21.9 Å². The Balaban J connectivity index is 1.65. The van der Waals surface area contributed by atoms with Crippen LogP contribution in [0, 0.1) is 5.92 Å². The minimum atomic E-state index is -0.431. The Morgan fingerprint density at radius 2 is 1.69 bits per heavy atom. The number of ketones is 1. The molecule has 2 amide bonds. The Morgan fingerprint density at radius 3 is 2.31 bits per heavy atom. The summed E-state index contributed by atoms with van der Waals surface area (Å²) in [5.41, 5.74) is 0.513. The van der Waals surface area contributed by atoms with Crippen molar-refractivity contribution in [2.75, 3.05) is 19.6 Å². The summed E-state index contributed by atoms with van der Waals surface area (Å²) in [5, 5.41) is 9.38. The lowest BCUT2D eigenvalue weighted by atomic mass is 9.94. The lowest BCUT2D eigenvalue weighted by Gasteiger charge is -2.34. The molecule has 2 aliphatic rings. The molecule has 0 radical (unpaired) electrons. The van der Waals surface area contributed by atoms with Crippen molar-refractivity contribution in [1.29, 1.82) is 0 Å². The molecule has 0 bridgehead atoms. The van der Waals surface area contributed by atoms with E-state index in [4.69, 9.17) is 0 Å². The van der Waals surface area contributed by atoms with E-state index in [9.17, 15) is 19.5 Å². The third-order valence-electron chi connectivity index (χ3n) is 5.32. The molecule has 1 aromatic carbocycles. The third-order valence-corrected chi connectivity index (χ3v) is 5.32. The topological polar surface area (TPSA) is 77.9 Å². The van der Waals surface area contributed by atoms with Crippen LogP contribution in [0.5, 0.6) is 5.75 Å². The zero-order chi connectivity index (χ0) is 18.7. The quantitative estimate of drug-likeness (QED) is 0.661. The first-order valence-corrected chi connectivity index (χ1v) is 9.06. The number of rotatable bonds is 4. The van der Waals surface area contributed by atoms with E-state index in [1.165, 1.54) is 18.2 Å². The van der Waals surface area contributed by atoms with Crippen molar-refractivity contribution in [3.63, 3.8) is 0 Å². The standard InChI is InChI=1S/C20H24N2O4/c1-2-18(24)21-12-9-15(10-13-21)20(26)22-11-3-4-17(22)19(25)14-5-7-16(23)8-6-14/h2,5-8,15,17,23H,1,3-4,9-13H2. The van der Waals surface area contributed by atoms with Gasteiger partial charge in [-0.1, -0.05) is 6.58 Å². The number of piperidine rings is 1. The molecule has 0 aliphatic carbocycles. The highest BCUT2D eigenvalue weighted by Crippen LogP contribution is 2.27. The van der Waals surface area contributed by atoms with Crippen LogP contribution in [0.25, 0.3) is 0 Å². The van der Waals surface area contributed by atoms with Gasteiger partial charge in [-0.3, -0.25) is 14.4 Å². The molecular formula is C20H24N2O4. The van der Waals surface area contributed by atoms with Crippen molar-refractivity contribution in [3.8, 4) is 5.75 Å². The van der Waals surface area contributed by atoms with E-state index in [2.05, 4.69) is 6.58 Å². The van der Waals surface area contributed by atoms with Crippen LogP contribution < -0.4 is 0 Å². The maximum absolute atomic E-state index is 13.0. The molecular weight excluding hydrogens is 332 g/mol. The van der Waals surface area contributed by atoms with Crippen LogP contribution in [0.2, 0.25) is 0 Å². The summed E-state index contributed by atoms with van der Waals surface area (Å²) >= 11 is 0. The molecule has 2 aliphatic heterocycles. The molecule has 0 spiro atoms. The van der Waals surface area contributed by atoms with Crippen molar-refractivity contribution < 1.29 is 19.5 Å². The van der Waals surface area contributed by atoms with Gasteiger partial charge in [-0.15, -0.1) is 0 Å². The molecule has 2 fully saturated rings. The summed E-state index contributed by atoms with van der Waals surface area (Å²) in [5.74, 6) is -0.184. The summed E-state index contributed by atoms with van der Waals surface area (Å²) in [4.78, 5) is 40.8. The first-order chi connectivity index (χ1) is 12.5. The first-order valence-electron chi connectivity index (χ1n) is 9.06. The monoisotopic (exact) mass is 356 g/mol. The highest BCUT2D eigenvalue weighted by atomic mass is 16.3. The summed E-state index contributed by atoms with van der Waals surface area (Å²) < 4.78 is 0. The Kier molecular flexibility index (Phi) is 5.40. The SMILES string of the molecule is C=CC(=O)N1CCC(C(=O)N2CCCC2C(=O)c2ccc(O)cc2)CC1. The number of hydrogen-bond acceptors (Lipinski definition) is 4. The second-order valence-corrected chi connectivity index (χ2v) is 6.90. The molecule has 1 unspecified atom stereocenters. The fourth-order valence-electron chi connectivity index (χ4n) is 3.83. The number of hydrogen-bond donors (Lipinski definition) is 1. The first kappa shape index (κ1) is 18.2. The van der Waals surface area contributed by atoms with E-state index < -0.39 is 6.04 Å². The molecule has 2 saturated heterocycles. The molecule has 1 N–H and O–H groups in total. The van der Waals surface area contributed by atoms with Crippen LogP contribution >= 0.6 is 0 Å². The Hall–Kier alpha value is -2.63. The third kappa shape index (κ3) is 3.64. The average Bonchev–Trinajstić information content (AvgIpc) is 3.16. The van der Waals surface area contributed by atoms with Gasteiger partial charge in [0.25, 0.3) is 0 Å². The van der Waals surface area contributed by atoms with Gasteiger partial charge in [0.15, 0.2) is 5.78 Å². The molecule has 6 nitrogen and oxygen atoms in total. The van der Waals surface area contributed by atoms with Gasteiger partial charge in [0.2, 0.25) is 11.8 Å². The lowest BCUT2D eigenvalue weighted by molar-refractivity contribution is -0.139.